The van der Waals surface area contributed by atoms with E-state index in [0.29, 0.717) is 30.1 Å². The van der Waals surface area contributed by atoms with E-state index in [1.165, 1.54) is 28.6 Å². The average Bonchev–Trinajstić information content (AvgIpc) is 3.28. The second-order valence-electron chi connectivity index (χ2n) is 7.45. The van der Waals surface area contributed by atoms with Gasteiger partial charge in [0.1, 0.15) is 5.75 Å². The van der Waals surface area contributed by atoms with Gasteiger partial charge in [-0.2, -0.15) is 4.31 Å². The second-order valence-corrected chi connectivity index (χ2v) is 9.39. The van der Waals surface area contributed by atoms with Gasteiger partial charge in [0.15, 0.2) is 6.61 Å². The first-order chi connectivity index (χ1) is 14.8. The Hall–Kier alpha value is -2.91. The molecule has 0 bridgehead atoms. The van der Waals surface area contributed by atoms with Crippen LogP contribution in [0, 0.1) is 0 Å². The summed E-state index contributed by atoms with van der Waals surface area (Å²) in [5, 5.41) is 2.58. The zero-order valence-corrected chi connectivity index (χ0v) is 18.4. The molecule has 8 nitrogen and oxygen atoms in total. The Kier molecular flexibility index (Phi) is 7.29. The van der Waals surface area contributed by atoms with Crippen molar-refractivity contribution in [2.24, 2.45) is 0 Å². The van der Waals surface area contributed by atoms with Crippen LogP contribution < -0.4 is 10.1 Å². The number of esters is 1. The maximum absolute atomic E-state index is 12.5. The summed E-state index contributed by atoms with van der Waals surface area (Å²) in [6, 6.07) is 12.4. The van der Waals surface area contributed by atoms with E-state index < -0.39 is 28.5 Å². The van der Waals surface area contributed by atoms with Gasteiger partial charge in [-0.05, 0) is 75.2 Å². The highest BCUT2D eigenvalue weighted by Gasteiger charge is 2.26. The van der Waals surface area contributed by atoms with Crippen molar-refractivity contribution in [1.29, 1.82) is 0 Å². The minimum Gasteiger partial charge on any atom is -0.491 e. The number of benzene rings is 2. The van der Waals surface area contributed by atoms with Gasteiger partial charge in [0.2, 0.25) is 10.0 Å². The second kappa shape index (κ2) is 9.93. The maximum Gasteiger partial charge on any atom is 0.338 e. The summed E-state index contributed by atoms with van der Waals surface area (Å²) in [4.78, 5) is 24.4. The molecule has 0 atom stereocenters. The van der Waals surface area contributed by atoms with Crippen LogP contribution in [0.1, 0.15) is 37.0 Å². The van der Waals surface area contributed by atoms with Crippen molar-refractivity contribution in [2.45, 2.75) is 37.7 Å². The first kappa shape index (κ1) is 22.8. The zero-order valence-electron chi connectivity index (χ0n) is 17.5. The summed E-state index contributed by atoms with van der Waals surface area (Å²) < 4.78 is 37.1. The summed E-state index contributed by atoms with van der Waals surface area (Å²) in [5.74, 6) is -0.513. The number of carbonyl (C=O) groups excluding carboxylic acids is 2. The number of anilines is 1. The third-order valence-electron chi connectivity index (χ3n) is 4.64. The largest absolute Gasteiger partial charge is 0.491 e. The Labute approximate surface area is 182 Å². The molecule has 0 spiro atoms. The van der Waals surface area contributed by atoms with Crippen LogP contribution in [-0.2, 0) is 19.6 Å². The molecule has 31 heavy (non-hydrogen) atoms. The van der Waals surface area contributed by atoms with Crippen molar-refractivity contribution in [2.75, 3.05) is 25.0 Å². The van der Waals surface area contributed by atoms with Crippen LogP contribution in [0.4, 0.5) is 5.69 Å². The molecule has 1 aliphatic rings. The summed E-state index contributed by atoms with van der Waals surface area (Å²) in [5.41, 5.74) is 0.719. The molecular formula is C22H26N2O6S. The summed E-state index contributed by atoms with van der Waals surface area (Å²) >= 11 is 0. The zero-order chi connectivity index (χ0) is 22.4. The highest BCUT2D eigenvalue weighted by Crippen LogP contribution is 2.22. The SMILES string of the molecule is CC(C)Oc1ccc(C(=O)OCC(=O)Nc2ccc(S(=O)(=O)N3CCCC3)cc2)cc1. The number of carbonyl (C=O) groups is 2. The van der Waals surface area contributed by atoms with Gasteiger partial charge in [-0.1, -0.05) is 0 Å². The highest BCUT2D eigenvalue weighted by atomic mass is 32.2. The van der Waals surface area contributed by atoms with Gasteiger partial charge < -0.3 is 14.8 Å². The first-order valence-electron chi connectivity index (χ1n) is 10.1. The van der Waals surface area contributed by atoms with Gasteiger partial charge in [-0.3, -0.25) is 4.79 Å². The summed E-state index contributed by atoms with van der Waals surface area (Å²) in [7, 11) is -3.50. The predicted molar refractivity (Wildman–Crippen MR) is 116 cm³/mol. The molecule has 1 heterocycles. The Balaban J connectivity index is 1.51. The van der Waals surface area contributed by atoms with Gasteiger partial charge in [-0.25, -0.2) is 13.2 Å². The van der Waals surface area contributed by atoms with Crippen LogP contribution >= 0.6 is 0 Å². The summed E-state index contributed by atoms with van der Waals surface area (Å²) in [6.45, 7) is 4.40. The van der Waals surface area contributed by atoms with Crippen molar-refractivity contribution in [3.05, 3.63) is 54.1 Å². The molecule has 2 aromatic rings. The molecule has 1 amide bonds. The van der Waals surface area contributed by atoms with E-state index in [9.17, 15) is 18.0 Å². The molecule has 0 radical (unpaired) electrons. The quantitative estimate of drug-likeness (QED) is 0.626. The standard InChI is InChI=1S/C22H26N2O6S/c1-16(2)30-19-9-5-17(6-10-19)22(26)29-15-21(25)23-18-7-11-20(12-8-18)31(27,28)24-13-3-4-14-24/h5-12,16H,3-4,13-15H2,1-2H3,(H,23,25). The number of ether oxygens (including phenoxy) is 2. The van der Waals surface area contributed by atoms with Crippen LogP contribution in [0.3, 0.4) is 0 Å². The van der Waals surface area contributed by atoms with Crippen LogP contribution in [0.2, 0.25) is 0 Å². The van der Waals surface area contributed by atoms with Gasteiger partial charge in [-0.15, -0.1) is 0 Å². The molecule has 1 N–H and O–H groups in total. The molecule has 0 saturated carbocycles. The number of hydrogen-bond acceptors (Lipinski definition) is 6. The molecule has 3 rings (SSSR count). The minimum absolute atomic E-state index is 0.0240. The molecule has 9 heteroatoms. The average molecular weight is 447 g/mol. The van der Waals surface area contributed by atoms with E-state index >= 15 is 0 Å². The monoisotopic (exact) mass is 446 g/mol. The van der Waals surface area contributed by atoms with Gasteiger partial charge >= 0.3 is 5.97 Å². The molecule has 166 valence electrons. The number of hydrogen-bond donors (Lipinski definition) is 1. The molecule has 0 aliphatic carbocycles. The number of amides is 1. The topological polar surface area (TPSA) is 102 Å². The van der Waals surface area contributed by atoms with Gasteiger partial charge in [0, 0.05) is 18.8 Å². The van der Waals surface area contributed by atoms with Crippen molar-refractivity contribution >= 4 is 27.6 Å². The van der Waals surface area contributed by atoms with Gasteiger partial charge in [0.05, 0.1) is 16.6 Å². The van der Waals surface area contributed by atoms with Crippen molar-refractivity contribution in [3.8, 4) is 5.75 Å². The van der Waals surface area contributed by atoms with E-state index in [4.69, 9.17) is 9.47 Å². The van der Waals surface area contributed by atoms with Crippen LogP contribution in [0.15, 0.2) is 53.4 Å². The Bertz CT molecular complexity index is 1010. The lowest BCUT2D eigenvalue weighted by Crippen LogP contribution is -2.27. The maximum atomic E-state index is 12.5. The molecule has 1 saturated heterocycles. The lowest BCUT2D eigenvalue weighted by atomic mass is 10.2. The minimum atomic E-state index is -3.50. The Morgan fingerprint density at radius 2 is 1.61 bits per heavy atom. The van der Waals surface area contributed by atoms with Gasteiger partial charge in [0.25, 0.3) is 5.91 Å². The molecule has 0 aromatic heterocycles. The van der Waals surface area contributed by atoms with E-state index in [1.54, 1.807) is 24.3 Å². The number of nitrogens with zero attached hydrogens (tertiary/aromatic N) is 1. The number of nitrogens with one attached hydrogen (secondary N) is 1. The normalized spacial score (nSPS) is 14.4. The van der Waals surface area contributed by atoms with E-state index in [1.807, 2.05) is 13.8 Å². The fourth-order valence-corrected chi connectivity index (χ4v) is 4.66. The third-order valence-corrected chi connectivity index (χ3v) is 6.55. The van der Waals surface area contributed by atoms with Crippen LogP contribution in [-0.4, -0.2) is 50.4 Å². The smallest absolute Gasteiger partial charge is 0.338 e. The highest BCUT2D eigenvalue weighted by molar-refractivity contribution is 7.89. The van der Waals surface area contributed by atoms with Crippen LogP contribution in [0.25, 0.3) is 0 Å². The number of rotatable bonds is 8. The fourth-order valence-electron chi connectivity index (χ4n) is 3.14. The number of sulfonamides is 1. The van der Waals surface area contributed by atoms with Crippen molar-refractivity contribution in [1.82, 2.24) is 4.31 Å². The summed E-state index contributed by atoms with van der Waals surface area (Å²) in [6.07, 6.45) is 1.75. The molecule has 0 unspecified atom stereocenters. The Morgan fingerprint density at radius 3 is 2.19 bits per heavy atom. The van der Waals surface area contributed by atoms with E-state index in [0.717, 1.165) is 12.8 Å². The molecule has 2 aromatic carbocycles. The van der Waals surface area contributed by atoms with E-state index in [-0.39, 0.29) is 11.0 Å². The predicted octanol–water partition coefficient (Wildman–Crippen LogP) is 3.05. The lowest BCUT2D eigenvalue weighted by molar-refractivity contribution is -0.119. The third kappa shape index (κ3) is 6.05. The van der Waals surface area contributed by atoms with Crippen molar-refractivity contribution < 1.29 is 27.5 Å². The first-order valence-corrected chi connectivity index (χ1v) is 11.5. The molecule has 1 fully saturated rings. The lowest BCUT2D eigenvalue weighted by Gasteiger charge is -2.15. The van der Waals surface area contributed by atoms with E-state index in [2.05, 4.69) is 5.32 Å². The molecule has 1 aliphatic heterocycles. The molecular weight excluding hydrogens is 420 g/mol. The fraction of sp³-hybridized carbons (Fsp3) is 0.364. The Morgan fingerprint density at radius 1 is 1.00 bits per heavy atom. The van der Waals surface area contributed by atoms with Crippen molar-refractivity contribution in [3.63, 3.8) is 0 Å². The van der Waals surface area contributed by atoms with Crippen LogP contribution in [0.5, 0.6) is 5.75 Å².